The molecule has 0 atom stereocenters. The fourth-order valence-electron chi connectivity index (χ4n) is 10.5. The van der Waals surface area contributed by atoms with Gasteiger partial charge in [0.25, 0.3) is 6.71 Å². The van der Waals surface area contributed by atoms with Gasteiger partial charge in [0.1, 0.15) is 16.2 Å². The molecule has 70 heavy (non-hydrogen) atoms. The van der Waals surface area contributed by atoms with E-state index in [1.807, 2.05) is 11.3 Å². The lowest BCUT2D eigenvalue weighted by Gasteiger charge is -2.44. The third-order valence-corrected chi connectivity index (χ3v) is 15.7. The van der Waals surface area contributed by atoms with Crippen LogP contribution in [0.2, 0.25) is 0 Å². The van der Waals surface area contributed by atoms with Gasteiger partial charge in [-0.15, -0.1) is 11.3 Å². The molecule has 0 unspecified atom stereocenters. The summed E-state index contributed by atoms with van der Waals surface area (Å²) in [5, 5.41) is 4.47. The topological polar surface area (TPSA) is 35.8 Å². The molecular weight excluding hydrogens is 872 g/mol. The summed E-state index contributed by atoms with van der Waals surface area (Å²) in [6.45, 7) is 20.6. The van der Waals surface area contributed by atoms with Crippen molar-refractivity contribution < 1.29 is 4.42 Å². The molecule has 7 heteroatoms. The summed E-state index contributed by atoms with van der Waals surface area (Å²) < 4.78 is 6.58. The number of hydrogen-bond acceptors (Lipinski definition) is 6. The van der Waals surface area contributed by atoms with Crippen molar-refractivity contribution >= 4 is 107 Å². The molecule has 10 aromatic rings. The Bertz CT molecular complexity index is 3580. The first-order valence-electron chi connectivity index (χ1n) is 24.6. The first-order chi connectivity index (χ1) is 33.6. The van der Waals surface area contributed by atoms with Crippen molar-refractivity contribution in [1.82, 2.24) is 4.98 Å². The minimum Gasteiger partial charge on any atom is -0.456 e. The van der Waals surface area contributed by atoms with Crippen LogP contribution in [-0.2, 0) is 16.2 Å². The molecule has 2 aromatic heterocycles. The van der Waals surface area contributed by atoms with Crippen LogP contribution in [-0.4, -0.2) is 11.7 Å². The van der Waals surface area contributed by atoms with Crippen LogP contribution < -0.4 is 31.2 Å². The van der Waals surface area contributed by atoms with E-state index in [0.717, 1.165) is 71.7 Å². The second kappa shape index (κ2) is 16.1. The Morgan fingerprint density at radius 3 is 1.66 bits per heavy atom. The van der Waals surface area contributed by atoms with E-state index in [4.69, 9.17) is 9.40 Å². The van der Waals surface area contributed by atoms with Gasteiger partial charge in [-0.25, -0.2) is 0 Å². The lowest BCUT2D eigenvalue weighted by molar-refractivity contribution is 0.586. The van der Waals surface area contributed by atoms with Crippen molar-refractivity contribution in [2.24, 2.45) is 0 Å². The highest BCUT2D eigenvalue weighted by atomic mass is 32.1. The number of furan rings is 1. The zero-order valence-corrected chi connectivity index (χ0v) is 42.3. The highest BCUT2D eigenvalue weighted by Gasteiger charge is 2.47. The number of nitrogens with zero attached hydrogens (tertiary/aromatic N) is 4. The molecule has 12 rings (SSSR count). The summed E-state index contributed by atoms with van der Waals surface area (Å²) in [4.78, 5) is 13.2. The Morgan fingerprint density at radius 2 is 1.04 bits per heavy atom. The van der Waals surface area contributed by atoms with Crippen molar-refractivity contribution in [2.75, 3.05) is 14.7 Å². The van der Waals surface area contributed by atoms with Crippen LogP contribution >= 0.6 is 11.3 Å². The number of benzene rings is 8. The summed E-state index contributed by atoms with van der Waals surface area (Å²) in [6.07, 6.45) is 0. The van der Waals surface area contributed by atoms with E-state index < -0.39 is 0 Å². The molecule has 2 aliphatic rings. The predicted octanol–water partition coefficient (Wildman–Crippen LogP) is 16.2. The van der Waals surface area contributed by atoms with Crippen LogP contribution in [0.3, 0.4) is 0 Å². The number of rotatable bonds is 6. The first-order valence-corrected chi connectivity index (χ1v) is 25.4. The molecule has 5 nitrogen and oxygen atoms in total. The standard InChI is InChI=1S/C63H57BN4OS/c1-61(2,3)42-26-28-46(29-27-42)67-52-39-48(66(44-21-15-11-16-22-44)45-23-17-12-18-24-45)30-32-51(52)64-57-53(67)36-43(62(4,5)6)37-54(57)68(59-58(64)65-60(70-59)63(7,8)9)47-31-34-56-50(38-47)49-35-41(25-33-55(49)69-56)40-19-13-10-14-20-40/h10-39H,1-9H3. The molecule has 2 aliphatic heterocycles. The molecule has 8 aromatic carbocycles. The van der Waals surface area contributed by atoms with E-state index in [-0.39, 0.29) is 23.0 Å². The van der Waals surface area contributed by atoms with Gasteiger partial charge in [0.15, 0.2) is 0 Å². The maximum Gasteiger partial charge on any atom is 0.276 e. The van der Waals surface area contributed by atoms with Gasteiger partial charge in [0, 0.05) is 61.7 Å². The van der Waals surface area contributed by atoms with Gasteiger partial charge in [0.05, 0.1) is 10.6 Å². The third kappa shape index (κ3) is 7.33. The van der Waals surface area contributed by atoms with Crippen LogP contribution in [0.4, 0.5) is 50.5 Å². The lowest BCUT2D eigenvalue weighted by Crippen LogP contribution is -2.61. The molecule has 0 bridgehead atoms. The van der Waals surface area contributed by atoms with Gasteiger partial charge in [-0.1, -0.05) is 153 Å². The number of anilines is 9. The molecule has 0 spiro atoms. The van der Waals surface area contributed by atoms with Crippen molar-refractivity contribution in [2.45, 2.75) is 78.6 Å². The maximum atomic E-state index is 6.58. The van der Waals surface area contributed by atoms with Gasteiger partial charge in [-0.2, -0.15) is 0 Å². The van der Waals surface area contributed by atoms with Gasteiger partial charge in [0.2, 0.25) is 0 Å². The summed E-state index contributed by atoms with van der Waals surface area (Å²) in [5.74, 6) is 0. The summed E-state index contributed by atoms with van der Waals surface area (Å²) in [5.41, 5.74) is 18.9. The van der Waals surface area contributed by atoms with Gasteiger partial charge in [-0.05, 0) is 135 Å². The summed E-state index contributed by atoms with van der Waals surface area (Å²) >= 11 is 1.83. The number of fused-ring (bicyclic) bond motifs is 7. The molecule has 344 valence electrons. The number of para-hydroxylation sites is 2. The normalized spacial score (nSPS) is 13.4. The van der Waals surface area contributed by atoms with Gasteiger partial charge < -0.3 is 19.1 Å². The second-order valence-electron chi connectivity index (χ2n) is 22.1. The Balaban J connectivity index is 1.14. The van der Waals surface area contributed by atoms with Gasteiger partial charge in [-0.3, -0.25) is 4.98 Å². The average molecular weight is 929 g/mol. The summed E-state index contributed by atoms with van der Waals surface area (Å²) in [6, 6.07) is 66.8. The first kappa shape index (κ1) is 43.9. The molecule has 0 amide bonds. The molecular formula is C63H57BN4OS. The predicted molar refractivity (Wildman–Crippen MR) is 300 cm³/mol. The quantitative estimate of drug-likeness (QED) is 0.155. The van der Waals surface area contributed by atoms with E-state index >= 15 is 0 Å². The fraction of sp³-hybridized carbons (Fsp3) is 0.190. The van der Waals surface area contributed by atoms with Crippen LogP contribution in [0, 0.1) is 0 Å². The molecule has 0 aliphatic carbocycles. The minimum atomic E-state index is -0.175. The van der Waals surface area contributed by atoms with E-state index in [1.54, 1.807) is 0 Å². The average Bonchev–Trinajstić information content (AvgIpc) is 3.97. The monoisotopic (exact) mass is 928 g/mol. The molecule has 0 fully saturated rings. The molecule has 0 N–H and O–H groups in total. The third-order valence-electron chi connectivity index (χ3n) is 14.2. The number of aromatic nitrogens is 1. The molecule has 0 saturated carbocycles. The summed E-state index contributed by atoms with van der Waals surface area (Å²) in [7, 11) is 0. The molecule has 4 heterocycles. The zero-order valence-electron chi connectivity index (χ0n) is 41.5. The number of thiazole rings is 1. The maximum absolute atomic E-state index is 6.58. The van der Waals surface area contributed by atoms with Crippen molar-refractivity contribution in [3.05, 3.63) is 198 Å². The highest BCUT2D eigenvalue weighted by molar-refractivity contribution is 7.19. The lowest BCUT2D eigenvalue weighted by atomic mass is 9.35. The SMILES string of the molecule is CC(C)(C)c1ccc(N2c3cc(N(c4ccccc4)c4ccccc4)ccc3B3c4nc(C(C)(C)C)sc4N(c4ccc5oc6ccc(-c7ccccc7)cc6c5c4)c4cc(C(C)(C)C)cc2c43)cc1. The van der Waals surface area contributed by atoms with Crippen LogP contribution in [0.1, 0.15) is 78.4 Å². The zero-order chi connectivity index (χ0) is 48.3. The van der Waals surface area contributed by atoms with E-state index in [0.29, 0.717) is 0 Å². The Hall–Kier alpha value is -7.35. The second-order valence-corrected chi connectivity index (χ2v) is 23.1. The van der Waals surface area contributed by atoms with Gasteiger partial charge >= 0.3 is 0 Å². The number of hydrogen-bond donors (Lipinski definition) is 0. The Morgan fingerprint density at radius 1 is 0.471 bits per heavy atom. The highest BCUT2D eigenvalue weighted by Crippen LogP contribution is 2.50. The van der Waals surface area contributed by atoms with E-state index in [1.165, 1.54) is 44.6 Å². The molecule has 0 saturated heterocycles. The smallest absolute Gasteiger partial charge is 0.276 e. The van der Waals surface area contributed by atoms with E-state index in [2.05, 4.69) is 259 Å². The molecule has 0 radical (unpaired) electrons. The fourth-order valence-corrected chi connectivity index (χ4v) is 11.7. The Kier molecular flexibility index (Phi) is 10.1. The Labute approximate surface area is 416 Å². The van der Waals surface area contributed by atoms with Crippen molar-refractivity contribution in [3.8, 4) is 11.1 Å². The largest absolute Gasteiger partial charge is 0.456 e. The van der Waals surface area contributed by atoms with Crippen LogP contribution in [0.25, 0.3) is 33.1 Å². The van der Waals surface area contributed by atoms with Crippen LogP contribution in [0.5, 0.6) is 0 Å². The van der Waals surface area contributed by atoms with Crippen LogP contribution in [0.15, 0.2) is 186 Å². The minimum absolute atomic E-state index is 0.00456. The van der Waals surface area contributed by atoms with Crippen molar-refractivity contribution in [3.63, 3.8) is 0 Å². The van der Waals surface area contributed by atoms with Crippen molar-refractivity contribution in [1.29, 1.82) is 0 Å². The van der Waals surface area contributed by atoms with E-state index in [9.17, 15) is 0 Å².